The van der Waals surface area contributed by atoms with E-state index in [0.29, 0.717) is 22.6 Å². The lowest BCUT2D eigenvalue weighted by atomic mass is 10.3. The Kier molecular flexibility index (Phi) is 6.55. The zero-order chi connectivity index (χ0) is 19.1. The van der Waals surface area contributed by atoms with Gasteiger partial charge in [-0.1, -0.05) is 30.0 Å². The Labute approximate surface area is 164 Å². The van der Waals surface area contributed by atoms with Gasteiger partial charge in [-0.2, -0.15) is 0 Å². The number of thioether (sulfide) groups is 1. The Hall–Kier alpha value is -2.72. The van der Waals surface area contributed by atoms with Crippen LogP contribution in [0, 0.1) is 0 Å². The molecule has 27 heavy (non-hydrogen) atoms. The average Bonchev–Trinajstić information content (AvgIpc) is 3.30. The molecule has 10 heteroatoms. The quantitative estimate of drug-likeness (QED) is 0.456. The van der Waals surface area contributed by atoms with Crippen molar-refractivity contribution in [2.75, 3.05) is 17.7 Å². The summed E-state index contributed by atoms with van der Waals surface area (Å²) in [4.78, 5) is 27.9. The molecule has 0 bridgehead atoms. The first kappa shape index (κ1) is 19.1. The lowest BCUT2D eigenvalue weighted by Gasteiger charge is -2.05. The number of hydrogen-bond acceptors (Lipinski definition) is 8. The Morgan fingerprint density at radius 3 is 2.89 bits per heavy atom. The van der Waals surface area contributed by atoms with Gasteiger partial charge in [0.05, 0.1) is 24.5 Å². The maximum absolute atomic E-state index is 12.2. The highest BCUT2D eigenvalue weighted by molar-refractivity contribution is 7.99. The average molecular weight is 403 g/mol. The number of amides is 1. The summed E-state index contributed by atoms with van der Waals surface area (Å²) in [6, 6.07) is 9.65. The number of carbonyl (C=O) groups excluding carboxylic acids is 2. The molecular weight excluding hydrogens is 386 g/mol. The largest absolute Gasteiger partial charge is 0.466 e. The Morgan fingerprint density at radius 2 is 2.11 bits per heavy atom. The lowest BCUT2D eigenvalue weighted by Crippen LogP contribution is -2.14. The zero-order valence-corrected chi connectivity index (χ0v) is 16.1. The number of carbonyl (C=O) groups is 2. The minimum atomic E-state index is -0.337. The minimum Gasteiger partial charge on any atom is -0.466 e. The van der Waals surface area contributed by atoms with E-state index in [1.54, 1.807) is 18.6 Å². The van der Waals surface area contributed by atoms with E-state index in [1.807, 2.05) is 34.9 Å². The number of nitrogens with one attached hydrogen (secondary N) is 1. The van der Waals surface area contributed by atoms with E-state index < -0.39 is 0 Å². The molecular formula is C17H17N5O3S2. The molecule has 1 amide bonds. The third kappa shape index (κ3) is 5.38. The van der Waals surface area contributed by atoms with Crippen molar-refractivity contribution >= 4 is 40.1 Å². The van der Waals surface area contributed by atoms with Crippen molar-refractivity contribution in [1.29, 1.82) is 0 Å². The fraction of sp³-hybridized carbons (Fsp3) is 0.235. The molecule has 1 aromatic carbocycles. The van der Waals surface area contributed by atoms with Crippen molar-refractivity contribution < 1.29 is 14.3 Å². The van der Waals surface area contributed by atoms with E-state index in [4.69, 9.17) is 4.74 Å². The van der Waals surface area contributed by atoms with Gasteiger partial charge in [-0.25, -0.2) is 4.98 Å². The van der Waals surface area contributed by atoms with Crippen LogP contribution in [0.25, 0.3) is 5.69 Å². The molecule has 0 atom stereocenters. The molecule has 8 nitrogen and oxygen atoms in total. The first-order valence-corrected chi connectivity index (χ1v) is 10.0. The number of nitrogens with zero attached hydrogens (tertiary/aromatic N) is 4. The monoisotopic (exact) mass is 403 g/mol. The molecule has 0 aliphatic rings. The van der Waals surface area contributed by atoms with Gasteiger partial charge < -0.3 is 10.1 Å². The number of aromatic nitrogens is 4. The molecule has 0 aliphatic heterocycles. The molecule has 0 aliphatic carbocycles. The van der Waals surface area contributed by atoms with E-state index in [1.165, 1.54) is 23.1 Å². The van der Waals surface area contributed by atoms with Gasteiger partial charge in [0.15, 0.2) is 10.3 Å². The summed E-state index contributed by atoms with van der Waals surface area (Å²) >= 11 is 2.55. The van der Waals surface area contributed by atoms with Gasteiger partial charge in [-0.15, -0.1) is 21.5 Å². The number of rotatable bonds is 8. The fourth-order valence-electron chi connectivity index (χ4n) is 2.18. The van der Waals surface area contributed by atoms with E-state index in [9.17, 15) is 9.59 Å². The molecule has 0 saturated heterocycles. The Morgan fingerprint density at radius 1 is 1.30 bits per heavy atom. The Balaban J connectivity index is 1.53. The fourth-order valence-corrected chi connectivity index (χ4v) is 3.63. The normalized spacial score (nSPS) is 10.6. The van der Waals surface area contributed by atoms with Gasteiger partial charge in [-0.3, -0.25) is 14.2 Å². The van der Waals surface area contributed by atoms with Crippen molar-refractivity contribution in [3.05, 3.63) is 47.7 Å². The first-order valence-electron chi connectivity index (χ1n) is 8.14. The number of thiazole rings is 1. The highest BCUT2D eigenvalue weighted by atomic mass is 32.2. The second-order valence-corrected chi connectivity index (χ2v) is 7.08. The van der Waals surface area contributed by atoms with Crippen molar-refractivity contribution in [2.45, 2.75) is 18.5 Å². The zero-order valence-electron chi connectivity index (χ0n) is 14.5. The molecule has 2 aromatic heterocycles. The number of hydrogen-bond donors (Lipinski definition) is 1. The van der Waals surface area contributed by atoms with Crippen LogP contribution >= 0.6 is 23.1 Å². The maximum atomic E-state index is 12.2. The third-order valence-electron chi connectivity index (χ3n) is 3.31. The molecule has 3 rings (SSSR count). The molecule has 140 valence electrons. The highest BCUT2D eigenvalue weighted by Crippen LogP contribution is 2.21. The summed E-state index contributed by atoms with van der Waals surface area (Å²) in [5, 5.41) is 13.5. The molecule has 0 saturated carbocycles. The summed E-state index contributed by atoms with van der Waals surface area (Å²) in [7, 11) is 0. The van der Waals surface area contributed by atoms with Gasteiger partial charge in [0.25, 0.3) is 0 Å². The van der Waals surface area contributed by atoms with Crippen LogP contribution in [0.2, 0.25) is 0 Å². The van der Waals surface area contributed by atoms with Gasteiger partial charge in [0.2, 0.25) is 5.91 Å². The van der Waals surface area contributed by atoms with E-state index in [0.717, 1.165) is 5.69 Å². The highest BCUT2D eigenvalue weighted by Gasteiger charge is 2.13. The number of benzene rings is 1. The summed E-state index contributed by atoms with van der Waals surface area (Å²) in [5.74, 6) is -0.380. The molecule has 0 unspecified atom stereocenters. The van der Waals surface area contributed by atoms with Crippen LogP contribution in [0.1, 0.15) is 12.6 Å². The molecule has 0 radical (unpaired) electrons. The van der Waals surface area contributed by atoms with Crippen molar-refractivity contribution in [1.82, 2.24) is 19.7 Å². The molecule has 0 spiro atoms. The van der Waals surface area contributed by atoms with Gasteiger partial charge in [0, 0.05) is 11.1 Å². The van der Waals surface area contributed by atoms with Crippen molar-refractivity contribution in [2.24, 2.45) is 0 Å². The standard InChI is InChI=1S/C17H17N5O3S2/c1-2-25-15(24)8-12-9-26-16(19-12)20-14(23)10-27-17-21-18-11-22(17)13-6-4-3-5-7-13/h3-7,9,11H,2,8,10H2,1H3,(H,19,20,23). The summed E-state index contributed by atoms with van der Waals surface area (Å²) in [6.45, 7) is 2.08. The first-order chi connectivity index (χ1) is 13.2. The van der Waals surface area contributed by atoms with E-state index in [2.05, 4.69) is 20.5 Å². The minimum absolute atomic E-state index is 0.0924. The van der Waals surface area contributed by atoms with Crippen LogP contribution in [0.3, 0.4) is 0 Å². The second kappa shape index (κ2) is 9.28. The molecule has 2 heterocycles. The van der Waals surface area contributed by atoms with Gasteiger partial charge in [-0.05, 0) is 19.1 Å². The number of para-hydroxylation sites is 1. The third-order valence-corrected chi connectivity index (χ3v) is 5.06. The Bertz CT molecular complexity index is 910. The van der Waals surface area contributed by atoms with Crippen LogP contribution in [0.5, 0.6) is 0 Å². The van der Waals surface area contributed by atoms with Crippen LogP contribution in [0.4, 0.5) is 5.13 Å². The SMILES string of the molecule is CCOC(=O)Cc1csc(NC(=O)CSc2nncn2-c2ccccc2)n1. The summed E-state index contributed by atoms with van der Waals surface area (Å²) in [5.41, 5.74) is 1.50. The predicted molar refractivity (Wildman–Crippen MR) is 103 cm³/mol. The topological polar surface area (TPSA) is 99.0 Å². The lowest BCUT2D eigenvalue weighted by molar-refractivity contribution is -0.142. The number of esters is 1. The van der Waals surface area contributed by atoms with Crippen LogP contribution in [-0.2, 0) is 20.7 Å². The maximum Gasteiger partial charge on any atom is 0.311 e. The molecule has 1 N–H and O–H groups in total. The van der Waals surface area contributed by atoms with Crippen molar-refractivity contribution in [3.8, 4) is 5.69 Å². The second-order valence-electron chi connectivity index (χ2n) is 5.28. The van der Waals surface area contributed by atoms with Gasteiger partial charge >= 0.3 is 5.97 Å². The van der Waals surface area contributed by atoms with Crippen molar-refractivity contribution in [3.63, 3.8) is 0 Å². The smallest absolute Gasteiger partial charge is 0.311 e. The van der Waals surface area contributed by atoms with Crippen LogP contribution < -0.4 is 5.32 Å². The van der Waals surface area contributed by atoms with Crippen LogP contribution in [-0.4, -0.2) is 44.0 Å². The summed E-state index contributed by atoms with van der Waals surface area (Å²) in [6.07, 6.45) is 1.70. The predicted octanol–water partition coefficient (Wildman–Crippen LogP) is 2.56. The molecule has 0 fully saturated rings. The molecule has 3 aromatic rings. The van der Waals surface area contributed by atoms with E-state index >= 15 is 0 Å². The number of anilines is 1. The summed E-state index contributed by atoms with van der Waals surface area (Å²) < 4.78 is 6.70. The number of ether oxygens (including phenoxy) is 1. The van der Waals surface area contributed by atoms with Crippen LogP contribution in [0.15, 0.2) is 47.2 Å². The van der Waals surface area contributed by atoms with Gasteiger partial charge in [0.1, 0.15) is 6.33 Å². The van der Waals surface area contributed by atoms with E-state index in [-0.39, 0.29) is 24.1 Å².